The summed E-state index contributed by atoms with van der Waals surface area (Å²) in [4.78, 5) is 38.6. The molecule has 1 aromatic rings. The highest BCUT2D eigenvalue weighted by Gasteiger charge is 2.28. The van der Waals surface area contributed by atoms with Crippen molar-refractivity contribution in [3.63, 3.8) is 0 Å². The fourth-order valence-electron chi connectivity index (χ4n) is 2.92. The molecule has 0 saturated carbocycles. The van der Waals surface area contributed by atoms with Crippen LogP contribution in [0.25, 0.3) is 0 Å². The van der Waals surface area contributed by atoms with Crippen molar-refractivity contribution in [2.75, 3.05) is 0 Å². The third-order valence-corrected chi connectivity index (χ3v) is 3.97. The first-order chi connectivity index (χ1) is 10.3. The van der Waals surface area contributed by atoms with Crippen LogP contribution in [-0.4, -0.2) is 33.8 Å². The molecule has 3 N–H and O–H groups in total. The molecule has 1 amide bonds. The summed E-state index contributed by atoms with van der Waals surface area (Å²) in [5.74, 6) is -1.31. The molecule has 0 unspecified atom stereocenters. The summed E-state index contributed by atoms with van der Waals surface area (Å²) in [7, 11) is 0. The van der Waals surface area contributed by atoms with Gasteiger partial charge in [0.15, 0.2) is 5.78 Å². The van der Waals surface area contributed by atoms with Gasteiger partial charge in [-0.05, 0) is 37.7 Å². The molecule has 0 aromatic carbocycles. The number of carboxylic acid groups (broad SMARTS) is 1. The molecular formula is C16H22N2O4. The van der Waals surface area contributed by atoms with Gasteiger partial charge >= 0.3 is 5.97 Å². The molecule has 1 atom stereocenters. The summed E-state index contributed by atoms with van der Waals surface area (Å²) in [6.45, 7) is 5.53. The van der Waals surface area contributed by atoms with Gasteiger partial charge in [-0.15, -0.1) is 0 Å². The Bertz CT molecular complexity index is 616. The number of carboxylic acids is 1. The molecule has 1 aliphatic rings. The summed E-state index contributed by atoms with van der Waals surface area (Å²) >= 11 is 0. The van der Waals surface area contributed by atoms with E-state index < -0.39 is 17.9 Å². The highest BCUT2D eigenvalue weighted by atomic mass is 16.4. The van der Waals surface area contributed by atoms with E-state index in [9.17, 15) is 19.5 Å². The third-order valence-electron chi connectivity index (χ3n) is 3.97. The average molecular weight is 306 g/mol. The van der Waals surface area contributed by atoms with Gasteiger partial charge in [0, 0.05) is 17.7 Å². The topological polar surface area (TPSA) is 99.3 Å². The summed E-state index contributed by atoms with van der Waals surface area (Å²) < 4.78 is 0. The van der Waals surface area contributed by atoms with Crippen molar-refractivity contribution in [3.05, 3.63) is 22.5 Å². The molecule has 0 saturated heterocycles. The van der Waals surface area contributed by atoms with Gasteiger partial charge < -0.3 is 15.4 Å². The lowest BCUT2D eigenvalue weighted by Crippen LogP contribution is -2.42. The summed E-state index contributed by atoms with van der Waals surface area (Å²) in [5.41, 5.74) is 2.31. The number of aromatic nitrogens is 1. The van der Waals surface area contributed by atoms with Crippen LogP contribution in [0.2, 0.25) is 0 Å². The first-order valence-corrected chi connectivity index (χ1v) is 7.59. The second kappa shape index (κ2) is 6.34. The normalized spacial score (nSPS) is 15.5. The molecule has 2 rings (SSSR count). The fraction of sp³-hybridized carbons (Fsp3) is 0.562. The summed E-state index contributed by atoms with van der Waals surface area (Å²) in [6.07, 6.45) is 2.37. The smallest absolute Gasteiger partial charge is 0.326 e. The number of nitrogens with one attached hydrogen (secondary N) is 2. The van der Waals surface area contributed by atoms with E-state index in [1.54, 1.807) is 6.92 Å². The van der Waals surface area contributed by atoms with Gasteiger partial charge in [0.1, 0.15) is 11.7 Å². The monoisotopic (exact) mass is 306 g/mol. The van der Waals surface area contributed by atoms with Crippen LogP contribution in [0.15, 0.2) is 0 Å². The number of hydrogen-bond acceptors (Lipinski definition) is 3. The molecule has 0 bridgehead atoms. The van der Waals surface area contributed by atoms with Crippen LogP contribution < -0.4 is 5.32 Å². The number of amides is 1. The van der Waals surface area contributed by atoms with Crippen LogP contribution >= 0.6 is 0 Å². The number of ketones is 1. The van der Waals surface area contributed by atoms with Crippen LogP contribution in [0.3, 0.4) is 0 Å². The molecule has 1 aliphatic carbocycles. The number of rotatable bonds is 5. The van der Waals surface area contributed by atoms with E-state index >= 15 is 0 Å². The van der Waals surface area contributed by atoms with Crippen molar-refractivity contribution >= 4 is 17.7 Å². The van der Waals surface area contributed by atoms with E-state index in [1.807, 2.05) is 13.8 Å². The maximum Gasteiger partial charge on any atom is 0.326 e. The van der Waals surface area contributed by atoms with Crippen molar-refractivity contribution in [3.8, 4) is 0 Å². The largest absolute Gasteiger partial charge is 0.480 e. The summed E-state index contributed by atoms with van der Waals surface area (Å²) in [5, 5.41) is 11.8. The maximum absolute atomic E-state index is 12.4. The number of carbonyl (C=O) groups excluding carboxylic acids is 2. The summed E-state index contributed by atoms with van der Waals surface area (Å²) in [6, 6.07) is -0.928. The van der Waals surface area contributed by atoms with Crippen molar-refractivity contribution in [1.82, 2.24) is 10.3 Å². The Morgan fingerprint density at radius 3 is 2.55 bits per heavy atom. The van der Waals surface area contributed by atoms with Gasteiger partial charge in [-0.1, -0.05) is 13.8 Å². The fourth-order valence-corrected chi connectivity index (χ4v) is 2.92. The molecule has 120 valence electrons. The maximum atomic E-state index is 12.4. The van der Waals surface area contributed by atoms with Crippen LogP contribution in [0.4, 0.5) is 0 Å². The molecule has 1 heterocycles. The SMILES string of the molecule is Cc1c(C(=O)N[C@H](CC(C)C)C(=O)O)[nH]c2c1C(=O)CCC2. The number of Topliss-reactive ketones (excluding diaryl/α,β-unsaturated/α-hetero) is 1. The van der Waals surface area contributed by atoms with Gasteiger partial charge in [0.05, 0.1) is 0 Å². The number of aliphatic carboxylic acids is 1. The minimum Gasteiger partial charge on any atom is -0.480 e. The van der Waals surface area contributed by atoms with Gasteiger partial charge in [-0.2, -0.15) is 0 Å². The van der Waals surface area contributed by atoms with E-state index in [0.717, 1.165) is 18.5 Å². The van der Waals surface area contributed by atoms with Crippen molar-refractivity contribution in [1.29, 1.82) is 0 Å². The molecule has 6 nitrogen and oxygen atoms in total. The van der Waals surface area contributed by atoms with Gasteiger partial charge in [-0.3, -0.25) is 9.59 Å². The minimum atomic E-state index is -1.05. The Kier molecular flexibility index (Phi) is 4.68. The lowest BCUT2D eigenvalue weighted by Gasteiger charge is -2.16. The zero-order chi connectivity index (χ0) is 16.4. The number of hydrogen-bond donors (Lipinski definition) is 3. The molecule has 0 radical (unpaired) electrons. The molecule has 22 heavy (non-hydrogen) atoms. The highest BCUT2D eigenvalue weighted by molar-refractivity contribution is 6.04. The van der Waals surface area contributed by atoms with Crippen LogP contribution in [-0.2, 0) is 11.2 Å². The number of aromatic amines is 1. The van der Waals surface area contributed by atoms with Crippen molar-refractivity contribution < 1.29 is 19.5 Å². The van der Waals surface area contributed by atoms with E-state index in [1.165, 1.54) is 0 Å². The Hall–Kier alpha value is -2.11. The number of H-pyrrole nitrogens is 1. The number of carbonyl (C=O) groups is 3. The second-order valence-corrected chi connectivity index (χ2v) is 6.25. The highest BCUT2D eigenvalue weighted by Crippen LogP contribution is 2.26. The Morgan fingerprint density at radius 2 is 2.00 bits per heavy atom. The third kappa shape index (κ3) is 3.21. The second-order valence-electron chi connectivity index (χ2n) is 6.25. The standard InChI is InChI=1S/C16H22N2O4/c1-8(2)7-11(16(21)22)18-15(20)14-9(3)13-10(17-14)5-4-6-12(13)19/h8,11,17H,4-7H2,1-3H3,(H,18,20)(H,21,22)/t11-/m1/s1. The van der Waals surface area contributed by atoms with Gasteiger partial charge in [0.25, 0.3) is 5.91 Å². The van der Waals surface area contributed by atoms with Crippen LogP contribution in [0, 0.1) is 12.8 Å². The molecular weight excluding hydrogens is 284 g/mol. The lowest BCUT2D eigenvalue weighted by atomic mass is 9.93. The van der Waals surface area contributed by atoms with Gasteiger partial charge in [-0.25, -0.2) is 4.79 Å². The first kappa shape index (κ1) is 16.3. The van der Waals surface area contributed by atoms with Crippen molar-refractivity contribution in [2.45, 2.75) is 52.5 Å². The van der Waals surface area contributed by atoms with Crippen LogP contribution in [0.1, 0.15) is 65.2 Å². The molecule has 6 heteroatoms. The minimum absolute atomic E-state index is 0.0472. The van der Waals surface area contributed by atoms with E-state index in [-0.39, 0.29) is 11.7 Å². The Morgan fingerprint density at radius 1 is 1.32 bits per heavy atom. The lowest BCUT2D eigenvalue weighted by molar-refractivity contribution is -0.139. The average Bonchev–Trinajstić information content (AvgIpc) is 2.76. The van der Waals surface area contributed by atoms with Crippen molar-refractivity contribution in [2.24, 2.45) is 5.92 Å². The number of aryl methyl sites for hydroxylation is 1. The Labute approximate surface area is 129 Å². The zero-order valence-electron chi connectivity index (χ0n) is 13.2. The molecule has 0 aliphatic heterocycles. The van der Waals surface area contributed by atoms with E-state index in [2.05, 4.69) is 10.3 Å². The molecule has 0 fully saturated rings. The predicted molar refractivity (Wildman–Crippen MR) is 81.1 cm³/mol. The Balaban J connectivity index is 2.23. The van der Waals surface area contributed by atoms with Crippen LogP contribution in [0.5, 0.6) is 0 Å². The number of fused-ring (bicyclic) bond motifs is 1. The van der Waals surface area contributed by atoms with E-state index in [4.69, 9.17) is 0 Å². The van der Waals surface area contributed by atoms with Gasteiger partial charge in [0.2, 0.25) is 0 Å². The molecule has 0 spiro atoms. The quantitative estimate of drug-likeness (QED) is 0.775. The molecule has 1 aromatic heterocycles. The zero-order valence-corrected chi connectivity index (χ0v) is 13.2. The van der Waals surface area contributed by atoms with E-state index in [0.29, 0.717) is 29.7 Å². The predicted octanol–water partition coefficient (Wildman–Crippen LogP) is 2.07. The first-order valence-electron chi connectivity index (χ1n) is 7.59.